The minimum Gasteiger partial charge on any atom is -0.445 e. The van der Waals surface area contributed by atoms with Gasteiger partial charge in [0.2, 0.25) is 5.91 Å². The van der Waals surface area contributed by atoms with Gasteiger partial charge < -0.3 is 10.1 Å². The van der Waals surface area contributed by atoms with Gasteiger partial charge in [0.05, 0.1) is 6.42 Å². The Morgan fingerprint density at radius 2 is 1.92 bits per heavy atom. The van der Waals surface area contributed by atoms with Crippen molar-refractivity contribution in [3.63, 3.8) is 0 Å². The van der Waals surface area contributed by atoms with Gasteiger partial charge >= 0.3 is 12.1 Å². The summed E-state index contributed by atoms with van der Waals surface area (Å²) in [5, 5.41) is 5.55. The van der Waals surface area contributed by atoms with Crippen LogP contribution in [0.3, 0.4) is 0 Å². The summed E-state index contributed by atoms with van der Waals surface area (Å²) in [7, 11) is 0. The van der Waals surface area contributed by atoms with Gasteiger partial charge in [0.1, 0.15) is 19.2 Å². The summed E-state index contributed by atoms with van der Waals surface area (Å²) in [6.07, 6.45) is -1.18. The van der Waals surface area contributed by atoms with Crippen molar-refractivity contribution >= 4 is 29.8 Å². The van der Waals surface area contributed by atoms with Crippen LogP contribution in [0.2, 0.25) is 0 Å². The van der Waals surface area contributed by atoms with Crippen molar-refractivity contribution in [3.05, 3.63) is 35.9 Å². The van der Waals surface area contributed by atoms with Gasteiger partial charge in [-0.2, -0.15) is 5.01 Å². The van der Waals surface area contributed by atoms with Gasteiger partial charge in [-0.3, -0.25) is 19.7 Å². The third-order valence-electron chi connectivity index (χ3n) is 3.64. The van der Waals surface area contributed by atoms with E-state index in [4.69, 9.17) is 4.74 Å². The van der Waals surface area contributed by atoms with Crippen LogP contribution in [-0.2, 0) is 25.7 Å². The maximum Gasteiger partial charge on any atom is 0.408 e. The molecule has 2 N–H and O–H groups in total. The van der Waals surface area contributed by atoms with Gasteiger partial charge in [-0.25, -0.2) is 14.6 Å². The van der Waals surface area contributed by atoms with Crippen molar-refractivity contribution in [2.45, 2.75) is 19.1 Å². The lowest BCUT2D eigenvalue weighted by molar-refractivity contribution is -0.152. The molecule has 10 nitrogen and oxygen atoms in total. The summed E-state index contributed by atoms with van der Waals surface area (Å²) < 4.78 is 4.99. The molecule has 6 amide bonds. The highest BCUT2D eigenvalue weighted by atomic mass is 16.5. The molecule has 0 radical (unpaired) electrons. The fraction of sp³-hybridized carbons (Fsp3) is 0.267. The maximum atomic E-state index is 12.3. The number of hydrogen-bond donors (Lipinski definition) is 2. The lowest BCUT2D eigenvalue weighted by Crippen LogP contribution is -2.50. The van der Waals surface area contributed by atoms with Gasteiger partial charge in [-0.05, 0) is 5.56 Å². The molecule has 3 rings (SSSR count). The van der Waals surface area contributed by atoms with Crippen molar-refractivity contribution in [1.82, 2.24) is 20.7 Å². The Labute approximate surface area is 141 Å². The summed E-state index contributed by atoms with van der Waals surface area (Å²) in [6, 6.07) is 6.91. The standard InChI is InChI=1S/C15H14N4O6/c20-11-7-18(14(23)17-11)19-12(21)6-10(13(19)22)16-15(24)25-8-9-4-2-1-3-5-9/h1-5,10H,6-8H2,(H,16,24)(H,17,20,23). The van der Waals surface area contributed by atoms with E-state index in [2.05, 4.69) is 5.32 Å². The molecule has 0 aromatic heterocycles. The molecule has 1 unspecified atom stereocenters. The zero-order chi connectivity index (χ0) is 18.0. The predicted molar refractivity (Wildman–Crippen MR) is 80.3 cm³/mol. The van der Waals surface area contributed by atoms with Crippen LogP contribution >= 0.6 is 0 Å². The maximum absolute atomic E-state index is 12.3. The second-order valence-electron chi connectivity index (χ2n) is 5.42. The van der Waals surface area contributed by atoms with E-state index in [-0.39, 0.29) is 13.0 Å². The second-order valence-corrected chi connectivity index (χ2v) is 5.42. The number of alkyl carbamates (subject to hydrolysis) is 1. The molecule has 1 atom stereocenters. The van der Waals surface area contributed by atoms with E-state index < -0.39 is 42.4 Å². The third kappa shape index (κ3) is 3.42. The molecule has 10 heteroatoms. The second kappa shape index (κ2) is 6.59. The Bertz CT molecular complexity index is 750. The SMILES string of the molecule is O=C1CN(N2C(=O)CC(NC(=O)OCc3ccccc3)C2=O)C(=O)N1. The first-order valence-electron chi connectivity index (χ1n) is 7.41. The Balaban J connectivity index is 1.57. The van der Waals surface area contributed by atoms with Crippen molar-refractivity contribution in [2.75, 3.05) is 6.54 Å². The Kier molecular flexibility index (Phi) is 4.33. The van der Waals surface area contributed by atoms with Crippen LogP contribution in [0.4, 0.5) is 9.59 Å². The molecule has 0 aliphatic carbocycles. The third-order valence-corrected chi connectivity index (χ3v) is 3.64. The number of urea groups is 1. The van der Waals surface area contributed by atoms with Crippen molar-refractivity contribution in [3.8, 4) is 0 Å². The van der Waals surface area contributed by atoms with Gasteiger partial charge in [0.15, 0.2) is 0 Å². The zero-order valence-corrected chi connectivity index (χ0v) is 12.9. The van der Waals surface area contributed by atoms with Crippen molar-refractivity contribution < 1.29 is 28.7 Å². The summed E-state index contributed by atoms with van der Waals surface area (Å²) in [6.45, 7) is -0.421. The van der Waals surface area contributed by atoms with Crippen LogP contribution in [-0.4, -0.2) is 52.5 Å². The number of amides is 6. The number of nitrogens with one attached hydrogen (secondary N) is 2. The molecule has 2 aliphatic rings. The summed E-state index contributed by atoms with van der Waals surface area (Å²) >= 11 is 0. The number of hydrazine groups is 1. The molecule has 1 aromatic carbocycles. The largest absolute Gasteiger partial charge is 0.445 e. The number of nitrogens with zero attached hydrogens (tertiary/aromatic N) is 2. The topological polar surface area (TPSA) is 125 Å². The number of benzene rings is 1. The van der Waals surface area contributed by atoms with Crippen molar-refractivity contribution in [1.29, 1.82) is 0 Å². The van der Waals surface area contributed by atoms with Crippen LogP contribution in [0.1, 0.15) is 12.0 Å². The van der Waals surface area contributed by atoms with Gasteiger partial charge in [0, 0.05) is 0 Å². The quantitative estimate of drug-likeness (QED) is 0.560. The highest BCUT2D eigenvalue weighted by Gasteiger charge is 2.47. The molecule has 0 saturated carbocycles. The fourth-order valence-electron chi connectivity index (χ4n) is 2.49. The number of carbonyl (C=O) groups is 5. The fourth-order valence-corrected chi connectivity index (χ4v) is 2.49. The first-order valence-corrected chi connectivity index (χ1v) is 7.41. The van der Waals surface area contributed by atoms with E-state index in [1.807, 2.05) is 11.4 Å². The number of imide groups is 2. The lowest BCUT2D eigenvalue weighted by atomic mass is 10.2. The number of carbonyl (C=O) groups excluding carboxylic acids is 5. The molecule has 2 heterocycles. The molecule has 2 fully saturated rings. The molecule has 25 heavy (non-hydrogen) atoms. The zero-order valence-electron chi connectivity index (χ0n) is 12.9. The van der Waals surface area contributed by atoms with Crippen molar-refractivity contribution in [2.24, 2.45) is 0 Å². The van der Waals surface area contributed by atoms with E-state index in [0.29, 0.717) is 10.0 Å². The number of ether oxygens (including phenoxy) is 1. The minimum atomic E-state index is -1.15. The normalized spacial score (nSPS) is 20.1. The number of hydrogen-bond acceptors (Lipinski definition) is 6. The average molecular weight is 346 g/mol. The van der Waals surface area contributed by atoms with Crippen LogP contribution in [0, 0.1) is 0 Å². The Hall–Kier alpha value is -3.43. The Morgan fingerprint density at radius 3 is 2.56 bits per heavy atom. The summed E-state index contributed by atoms with van der Waals surface area (Å²) in [5.41, 5.74) is 0.764. The first-order chi connectivity index (χ1) is 12.0. The molecular weight excluding hydrogens is 332 g/mol. The Morgan fingerprint density at radius 1 is 1.20 bits per heavy atom. The van der Waals surface area contributed by atoms with Gasteiger partial charge in [-0.1, -0.05) is 30.3 Å². The minimum absolute atomic E-state index is 0.00821. The lowest BCUT2D eigenvalue weighted by Gasteiger charge is -2.23. The molecule has 2 saturated heterocycles. The van der Waals surface area contributed by atoms with E-state index in [1.54, 1.807) is 24.3 Å². The highest BCUT2D eigenvalue weighted by molar-refractivity contribution is 6.10. The average Bonchev–Trinajstić information content (AvgIpc) is 3.04. The predicted octanol–water partition coefficient (Wildman–Crippen LogP) is -0.493. The molecule has 1 aromatic rings. The molecule has 130 valence electrons. The van der Waals surface area contributed by atoms with Gasteiger partial charge in [0.25, 0.3) is 11.8 Å². The first kappa shape index (κ1) is 16.4. The van der Waals surface area contributed by atoms with Crippen LogP contribution in [0.5, 0.6) is 0 Å². The van der Waals surface area contributed by atoms with Gasteiger partial charge in [-0.15, -0.1) is 0 Å². The van der Waals surface area contributed by atoms with Crippen LogP contribution < -0.4 is 10.6 Å². The van der Waals surface area contributed by atoms with Crippen LogP contribution in [0.15, 0.2) is 30.3 Å². The molecule has 0 bridgehead atoms. The smallest absolute Gasteiger partial charge is 0.408 e. The van der Waals surface area contributed by atoms with Crippen LogP contribution in [0.25, 0.3) is 0 Å². The van der Waals surface area contributed by atoms with E-state index in [9.17, 15) is 24.0 Å². The highest BCUT2D eigenvalue weighted by Crippen LogP contribution is 2.18. The summed E-state index contributed by atoms with van der Waals surface area (Å²) in [5.74, 6) is -2.11. The molecule has 0 spiro atoms. The van der Waals surface area contributed by atoms with E-state index in [1.165, 1.54) is 0 Å². The van der Waals surface area contributed by atoms with E-state index in [0.717, 1.165) is 5.56 Å². The monoisotopic (exact) mass is 346 g/mol. The summed E-state index contributed by atoms with van der Waals surface area (Å²) in [4.78, 5) is 58.8. The number of rotatable bonds is 4. The van der Waals surface area contributed by atoms with E-state index >= 15 is 0 Å². The molecular formula is C15H14N4O6. The molecule has 2 aliphatic heterocycles.